The van der Waals surface area contributed by atoms with E-state index in [9.17, 15) is 0 Å². The van der Waals surface area contributed by atoms with Gasteiger partial charge in [0.05, 0.1) is 16.7 Å². The maximum absolute atomic E-state index is 6.28. The van der Waals surface area contributed by atoms with Gasteiger partial charge in [-0.05, 0) is 49.8 Å². The van der Waals surface area contributed by atoms with Crippen LogP contribution in [0.4, 0.5) is 0 Å². The molecule has 0 saturated heterocycles. The Labute approximate surface area is 150 Å². The summed E-state index contributed by atoms with van der Waals surface area (Å²) in [6.07, 6.45) is 4.86. The Morgan fingerprint density at radius 3 is 2.48 bits per heavy atom. The molecule has 0 amide bonds. The highest BCUT2D eigenvalue weighted by atomic mass is 35.5. The lowest BCUT2D eigenvalue weighted by Crippen LogP contribution is -2.54. The zero-order valence-corrected chi connectivity index (χ0v) is 16.0. The van der Waals surface area contributed by atoms with E-state index in [1.165, 1.54) is 24.8 Å². The molecule has 1 aliphatic carbocycles. The fraction of sp³-hybridized carbons (Fsp3) is 0.684. The van der Waals surface area contributed by atoms with Crippen LogP contribution in [0, 0.1) is 5.92 Å². The topological polar surface area (TPSA) is 21.3 Å². The lowest BCUT2D eigenvalue weighted by molar-refractivity contribution is 0.119. The minimum atomic E-state index is 0.185. The smallest absolute Gasteiger partial charge is 0.0595 e. The first-order valence-electron chi connectivity index (χ1n) is 8.76. The summed E-state index contributed by atoms with van der Waals surface area (Å²) < 4.78 is 5.49. The quantitative estimate of drug-likeness (QED) is 0.592. The summed E-state index contributed by atoms with van der Waals surface area (Å²) in [6, 6.07) is 6.62. The molecular weight excluding hydrogens is 329 g/mol. The van der Waals surface area contributed by atoms with Crippen molar-refractivity contribution in [2.75, 3.05) is 19.8 Å². The molecule has 4 heteroatoms. The monoisotopic (exact) mass is 357 g/mol. The highest BCUT2D eigenvalue weighted by Gasteiger charge is 2.45. The molecule has 1 fully saturated rings. The summed E-state index contributed by atoms with van der Waals surface area (Å²) in [5.74, 6) is 0.653. The van der Waals surface area contributed by atoms with E-state index in [0.717, 1.165) is 26.2 Å². The van der Waals surface area contributed by atoms with Crippen molar-refractivity contribution in [2.24, 2.45) is 5.92 Å². The number of rotatable bonds is 9. The SMILES string of the molecule is CCOCCNC(CC(C)C)C1(c2ccc(Cl)c(Cl)c2)CCC1. The van der Waals surface area contributed by atoms with Crippen LogP contribution in [0.2, 0.25) is 10.0 Å². The summed E-state index contributed by atoms with van der Waals surface area (Å²) in [7, 11) is 0. The van der Waals surface area contributed by atoms with E-state index in [0.29, 0.717) is 22.0 Å². The van der Waals surface area contributed by atoms with Crippen molar-refractivity contribution in [1.82, 2.24) is 5.32 Å². The van der Waals surface area contributed by atoms with Crippen LogP contribution in [0.1, 0.15) is 52.0 Å². The van der Waals surface area contributed by atoms with E-state index in [1.54, 1.807) is 0 Å². The predicted molar refractivity (Wildman–Crippen MR) is 99.7 cm³/mol. The Morgan fingerprint density at radius 1 is 1.22 bits per heavy atom. The maximum atomic E-state index is 6.28. The van der Waals surface area contributed by atoms with Crippen molar-refractivity contribution in [3.8, 4) is 0 Å². The summed E-state index contributed by atoms with van der Waals surface area (Å²) in [5.41, 5.74) is 1.51. The molecule has 1 unspecified atom stereocenters. The molecule has 1 aromatic carbocycles. The molecule has 0 spiro atoms. The van der Waals surface area contributed by atoms with E-state index in [4.69, 9.17) is 27.9 Å². The van der Waals surface area contributed by atoms with E-state index in [2.05, 4.69) is 31.3 Å². The van der Waals surface area contributed by atoms with Crippen LogP contribution in [0.25, 0.3) is 0 Å². The van der Waals surface area contributed by atoms with Gasteiger partial charge in [-0.3, -0.25) is 0 Å². The van der Waals surface area contributed by atoms with Crippen molar-refractivity contribution >= 4 is 23.2 Å². The molecule has 23 heavy (non-hydrogen) atoms. The van der Waals surface area contributed by atoms with Crippen molar-refractivity contribution in [3.63, 3.8) is 0 Å². The van der Waals surface area contributed by atoms with Gasteiger partial charge in [-0.15, -0.1) is 0 Å². The van der Waals surface area contributed by atoms with Crippen LogP contribution in [0.15, 0.2) is 18.2 Å². The zero-order valence-electron chi connectivity index (χ0n) is 14.5. The predicted octanol–water partition coefficient (Wildman–Crippen LogP) is 5.46. The number of benzene rings is 1. The molecule has 1 saturated carbocycles. The molecule has 0 bridgehead atoms. The van der Waals surface area contributed by atoms with Gasteiger partial charge >= 0.3 is 0 Å². The first-order valence-corrected chi connectivity index (χ1v) is 9.52. The van der Waals surface area contributed by atoms with Gasteiger partial charge < -0.3 is 10.1 Å². The molecule has 2 nitrogen and oxygen atoms in total. The Morgan fingerprint density at radius 2 is 1.96 bits per heavy atom. The largest absolute Gasteiger partial charge is 0.380 e. The molecule has 1 atom stereocenters. The molecule has 1 aromatic rings. The standard InChI is InChI=1S/C19H29Cl2NO/c1-4-23-11-10-22-18(12-14(2)3)19(8-5-9-19)15-6-7-16(20)17(21)13-15/h6-7,13-14,18,22H,4-5,8-12H2,1-3H3. The van der Waals surface area contributed by atoms with Gasteiger partial charge in [0.2, 0.25) is 0 Å². The second kappa shape index (κ2) is 8.71. The third-order valence-electron chi connectivity index (χ3n) is 4.96. The number of hydrogen-bond donors (Lipinski definition) is 1. The Bertz CT molecular complexity index is 500. The Kier molecular flexibility index (Phi) is 7.21. The van der Waals surface area contributed by atoms with Crippen molar-refractivity contribution in [3.05, 3.63) is 33.8 Å². The molecule has 0 radical (unpaired) electrons. The van der Waals surface area contributed by atoms with Gasteiger partial charge in [-0.2, -0.15) is 0 Å². The third kappa shape index (κ3) is 4.63. The van der Waals surface area contributed by atoms with Crippen LogP contribution in [0.5, 0.6) is 0 Å². The van der Waals surface area contributed by atoms with E-state index in [-0.39, 0.29) is 5.41 Å². The van der Waals surface area contributed by atoms with Crippen LogP contribution in [-0.2, 0) is 10.2 Å². The highest BCUT2D eigenvalue weighted by Crippen LogP contribution is 2.49. The summed E-state index contributed by atoms with van der Waals surface area (Å²) in [4.78, 5) is 0. The molecule has 130 valence electrons. The van der Waals surface area contributed by atoms with E-state index in [1.807, 2.05) is 13.0 Å². The van der Waals surface area contributed by atoms with Crippen molar-refractivity contribution < 1.29 is 4.74 Å². The third-order valence-corrected chi connectivity index (χ3v) is 5.69. The van der Waals surface area contributed by atoms with Crippen LogP contribution in [-0.4, -0.2) is 25.8 Å². The lowest BCUT2D eigenvalue weighted by Gasteiger charge is -2.49. The number of ether oxygens (including phenoxy) is 1. The van der Waals surface area contributed by atoms with Gasteiger partial charge in [0.1, 0.15) is 0 Å². The first-order chi connectivity index (χ1) is 11.0. The van der Waals surface area contributed by atoms with Gasteiger partial charge in [0.15, 0.2) is 0 Å². The van der Waals surface area contributed by atoms with Gasteiger partial charge in [-0.1, -0.05) is 49.5 Å². The molecule has 0 heterocycles. The minimum Gasteiger partial charge on any atom is -0.380 e. The number of nitrogens with one attached hydrogen (secondary N) is 1. The van der Waals surface area contributed by atoms with Crippen LogP contribution >= 0.6 is 23.2 Å². The average Bonchev–Trinajstić information content (AvgIpc) is 2.45. The van der Waals surface area contributed by atoms with Crippen LogP contribution < -0.4 is 5.32 Å². The van der Waals surface area contributed by atoms with E-state index < -0.39 is 0 Å². The lowest BCUT2D eigenvalue weighted by atomic mass is 9.59. The van der Waals surface area contributed by atoms with Gasteiger partial charge in [0.25, 0.3) is 0 Å². The molecule has 0 aromatic heterocycles. The maximum Gasteiger partial charge on any atom is 0.0595 e. The van der Waals surface area contributed by atoms with Gasteiger partial charge in [-0.25, -0.2) is 0 Å². The first kappa shape index (κ1) is 19.1. The zero-order chi connectivity index (χ0) is 16.9. The fourth-order valence-electron chi connectivity index (χ4n) is 3.63. The van der Waals surface area contributed by atoms with Gasteiger partial charge in [0, 0.05) is 24.6 Å². The molecule has 2 rings (SSSR count). The molecule has 0 aliphatic heterocycles. The Balaban J connectivity index is 2.19. The van der Waals surface area contributed by atoms with Crippen molar-refractivity contribution in [2.45, 2.75) is 57.9 Å². The summed E-state index contributed by atoms with van der Waals surface area (Å²) in [5, 5.41) is 5.05. The number of halogens is 2. The fourth-order valence-corrected chi connectivity index (χ4v) is 3.93. The molecule has 1 N–H and O–H groups in total. The van der Waals surface area contributed by atoms with Crippen LogP contribution in [0.3, 0.4) is 0 Å². The highest BCUT2D eigenvalue weighted by molar-refractivity contribution is 6.42. The molecule has 1 aliphatic rings. The minimum absolute atomic E-state index is 0.185. The summed E-state index contributed by atoms with van der Waals surface area (Å²) in [6.45, 7) is 9.05. The van der Waals surface area contributed by atoms with Crippen molar-refractivity contribution in [1.29, 1.82) is 0 Å². The molecular formula is C19H29Cl2NO. The van der Waals surface area contributed by atoms with E-state index >= 15 is 0 Å². The second-order valence-corrected chi connectivity index (χ2v) is 7.79. The summed E-state index contributed by atoms with van der Waals surface area (Å²) >= 11 is 12.4. The second-order valence-electron chi connectivity index (χ2n) is 6.97. The Hall–Kier alpha value is -0.280. The average molecular weight is 358 g/mol. The normalized spacial score (nSPS) is 18.0. The number of hydrogen-bond acceptors (Lipinski definition) is 2.